The topological polar surface area (TPSA) is 103 Å². The Morgan fingerprint density at radius 1 is 1.39 bits per heavy atom. The van der Waals surface area contributed by atoms with Gasteiger partial charge in [0, 0.05) is 0 Å². The third kappa shape index (κ3) is 2.60. The molecule has 120 valence electrons. The van der Waals surface area contributed by atoms with Crippen LogP contribution in [0, 0.1) is 5.92 Å². The van der Waals surface area contributed by atoms with Crippen LogP contribution in [-0.4, -0.2) is 38.0 Å². The second kappa shape index (κ2) is 5.67. The molecular weight excluding hydrogens is 305 g/mol. The first-order valence-electron chi connectivity index (χ1n) is 6.89. The molecule has 1 fully saturated rings. The summed E-state index contributed by atoms with van der Waals surface area (Å²) < 4.78 is 20.6. The summed E-state index contributed by atoms with van der Waals surface area (Å²) in [5, 5.41) is 3.97. The van der Waals surface area contributed by atoms with Gasteiger partial charge in [-0.25, -0.2) is 14.5 Å². The number of halogens is 1. The number of rotatable bonds is 4. The van der Waals surface area contributed by atoms with E-state index in [9.17, 15) is 14.1 Å². The highest BCUT2D eigenvalue weighted by atomic mass is 19.2. The fourth-order valence-electron chi connectivity index (χ4n) is 2.50. The molecule has 8 nitrogen and oxygen atoms in total. The minimum atomic E-state index is -1.13. The summed E-state index contributed by atoms with van der Waals surface area (Å²) in [5.74, 6) is -1.48. The normalized spacial score (nSPS) is 22.0. The first-order valence-corrected chi connectivity index (χ1v) is 6.89. The van der Waals surface area contributed by atoms with E-state index in [0.717, 1.165) is 5.69 Å². The average molecular weight is 319 g/mol. The molecule has 9 heteroatoms. The number of benzene rings is 1. The van der Waals surface area contributed by atoms with Crippen LogP contribution in [-0.2, 0) is 9.53 Å². The van der Waals surface area contributed by atoms with Crippen LogP contribution in [0.5, 0.6) is 0 Å². The molecule has 3 unspecified atom stereocenters. The van der Waals surface area contributed by atoms with Crippen molar-refractivity contribution in [1.82, 2.24) is 19.9 Å². The average Bonchev–Trinajstić information content (AvgIpc) is 3.16. The zero-order valence-electron chi connectivity index (χ0n) is 12.2. The number of primary amides is 1. The van der Waals surface area contributed by atoms with Gasteiger partial charge in [0.1, 0.15) is 24.8 Å². The first kappa shape index (κ1) is 14.9. The Kier molecular flexibility index (Phi) is 3.68. The van der Waals surface area contributed by atoms with Crippen LogP contribution in [0.1, 0.15) is 18.5 Å². The summed E-state index contributed by atoms with van der Waals surface area (Å²) >= 11 is 0. The van der Waals surface area contributed by atoms with Gasteiger partial charge in [0.05, 0.1) is 11.6 Å². The number of cyclic esters (lactones) is 1. The monoisotopic (exact) mass is 319 g/mol. The number of ether oxygens (including phenoxy) is 1. The van der Waals surface area contributed by atoms with Crippen molar-refractivity contribution in [3.05, 3.63) is 42.5 Å². The zero-order valence-corrected chi connectivity index (χ0v) is 12.2. The third-order valence-corrected chi connectivity index (χ3v) is 3.83. The first-order chi connectivity index (χ1) is 11.0. The molecule has 1 aromatic carbocycles. The van der Waals surface area contributed by atoms with Crippen molar-refractivity contribution in [2.45, 2.75) is 19.1 Å². The molecule has 1 aliphatic heterocycles. The van der Waals surface area contributed by atoms with Gasteiger partial charge in [0.25, 0.3) is 0 Å². The predicted octanol–water partition coefficient (Wildman–Crippen LogP) is 1.14. The molecule has 0 saturated carbocycles. The molecule has 0 radical (unpaired) electrons. The molecule has 0 aliphatic carbocycles. The summed E-state index contributed by atoms with van der Waals surface area (Å²) in [6.07, 6.45) is 0.803. The lowest BCUT2D eigenvalue weighted by Gasteiger charge is -2.22. The standard InChI is InChI=1S/C14H14FN5O3/c1-8(13(16)21)12-11(20(15)14(22)23-12)9-2-4-10(5-3-9)19-7-17-6-18-19/h2-8,11-12H,1H3,(H2,16,21). The van der Waals surface area contributed by atoms with Gasteiger partial charge in [0.15, 0.2) is 0 Å². The summed E-state index contributed by atoms with van der Waals surface area (Å²) in [6.45, 7) is 1.50. The van der Waals surface area contributed by atoms with Crippen molar-refractivity contribution >= 4 is 12.0 Å². The molecule has 23 heavy (non-hydrogen) atoms. The van der Waals surface area contributed by atoms with E-state index >= 15 is 0 Å². The van der Waals surface area contributed by atoms with Crippen LogP contribution in [0.25, 0.3) is 5.69 Å². The molecule has 1 aliphatic rings. The summed E-state index contributed by atoms with van der Waals surface area (Å²) in [7, 11) is 0. The van der Waals surface area contributed by atoms with Gasteiger partial charge in [-0.2, -0.15) is 5.10 Å². The summed E-state index contributed by atoms with van der Waals surface area (Å²) in [5.41, 5.74) is 6.46. The molecule has 2 N–H and O–H groups in total. The minimum Gasteiger partial charge on any atom is -0.441 e. The largest absolute Gasteiger partial charge is 0.441 e. The smallest absolute Gasteiger partial charge is 0.439 e. The van der Waals surface area contributed by atoms with E-state index in [4.69, 9.17) is 10.5 Å². The molecule has 0 bridgehead atoms. The van der Waals surface area contributed by atoms with Crippen LogP contribution in [0.4, 0.5) is 9.28 Å². The van der Waals surface area contributed by atoms with Crippen molar-refractivity contribution in [1.29, 1.82) is 0 Å². The quantitative estimate of drug-likeness (QED) is 0.851. The van der Waals surface area contributed by atoms with E-state index in [2.05, 4.69) is 10.1 Å². The maximum Gasteiger partial charge on any atom is 0.439 e. The predicted molar refractivity (Wildman–Crippen MR) is 75.7 cm³/mol. The summed E-state index contributed by atoms with van der Waals surface area (Å²) in [4.78, 5) is 26.7. The highest BCUT2D eigenvalue weighted by Crippen LogP contribution is 2.37. The molecule has 0 spiro atoms. The third-order valence-electron chi connectivity index (χ3n) is 3.83. The second-order valence-corrected chi connectivity index (χ2v) is 5.23. The van der Waals surface area contributed by atoms with Crippen molar-refractivity contribution in [2.75, 3.05) is 0 Å². The van der Waals surface area contributed by atoms with Crippen LogP contribution in [0.3, 0.4) is 0 Å². The lowest BCUT2D eigenvalue weighted by Crippen LogP contribution is -2.35. The van der Waals surface area contributed by atoms with E-state index in [1.54, 1.807) is 24.3 Å². The Morgan fingerprint density at radius 3 is 2.65 bits per heavy atom. The van der Waals surface area contributed by atoms with Gasteiger partial charge in [-0.05, 0) is 24.6 Å². The maximum absolute atomic E-state index is 14.1. The van der Waals surface area contributed by atoms with Crippen LogP contribution in [0.15, 0.2) is 36.9 Å². The van der Waals surface area contributed by atoms with Gasteiger partial charge < -0.3 is 10.5 Å². The Bertz CT molecular complexity index is 719. The number of amides is 2. The molecule has 2 heterocycles. The maximum atomic E-state index is 14.1. The fourth-order valence-corrected chi connectivity index (χ4v) is 2.50. The second-order valence-electron chi connectivity index (χ2n) is 5.23. The van der Waals surface area contributed by atoms with Crippen molar-refractivity contribution in [2.24, 2.45) is 11.7 Å². The molecule has 2 aromatic rings. The van der Waals surface area contributed by atoms with Crippen LogP contribution < -0.4 is 5.73 Å². The lowest BCUT2D eigenvalue weighted by molar-refractivity contribution is -0.124. The number of carbonyl (C=O) groups excluding carboxylic acids is 2. The molecule has 1 saturated heterocycles. The summed E-state index contributed by atoms with van der Waals surface area (Å²) in [6, 6.07) is 5.64. The van der Waals surface area contributed by atoms with Crippen molar-refractivity contribution < 1.29 is 18.8 Å². The Morgan fingerprint density at radius 2 is 2.09 bits per heavy atom. The number of aromatic nitrogens is 3. The van der Waals surface area contributed by atoms with Gasteiger partial charge in [-0.15, -0.1) is 5.12 Å². The van der Waals surface area contributed by atoms with E-state index in [0.29, 0.717) is 5.56 Å². The molecule has 3 atom stereocenters. The van der Waals surface area contributed by atoms with Gasteiger partial charge >= 0.3 is 6.09 Å². The molecular formula is C14H14FN5O3. The van der Waals surface area contributed by atoms with Crippen molar-refractivity contribution in [3.63, 3.8) is 0 Å². The zero-order chi connectivity index (χ0) is 16.6. The van der Waals surface area contributed by atoms with Crippen LogP contribution >= 0.6 is 0 Å². The van der Waals surface area contributed by atoms with E-state index < -0.39 is 30.1 Å². The lowest BCUT2D eigenvalue weighted by atomic mass is 9.92. The van der Waals surface area contributed by atoms with Gasteiger partial charge in [-0.1, -0.05) is 16.6 Å². The van der Waals surface area contributed by atoms with Crippen LogP contribution in [0.2, 0.25) is 0 Å². The van der Waals surface area contributed by atoms with Gasteiger partial charge in [-0.3, -0.25) is 4.79 Å². The highest BCUT2D eigenvalue weighted by molar-refractivity contribution is 5.79. The molecule has 1 aromatic heterocycles. The van der Waals surface area contributed by atoms with E-state index in [-0.39, 0.29) is 5.12 Å². The fraction of sp³-hybridized carbons (Fsp3) is 0.286. The van der Waals surface area contributed by atoms with E-state index in [1.165, 1.54) is 24.3 Å². The Balaban J connectivity index is 1.91. The minimum absolute atomic E-state index is 0.0193. The van der Waals surface area contributed by atoms with E-state index in [1.807, 2.05) is 0 Å². The molecule has 3 rings (SSSR count). The number of carbonyl (C=O) groups is 2. The number of hydrogen-bond donors (Lipinski definition) is 1. The Labute approximate surface area is 130 Å². The van der Waals surface area contributed by atoms with Crippen molar-refractivity contribution in [3.8, 4) is 5.69 Å². The SMILES string of the molecule is CC(C(N)=O)C1OC(=O)N(F)C1c1ccc(-n2cncn2)cc1. The number of hydrogen-bond acceptors (Lipinski definition) is 5. The highest BCUT2D eigenvalue weighted by Gasteiger charge is 2.47. The number of nitrogens with two attached hydrogens (primary N) is 1. The Hall–Kier alpha value is -2.97. The molecule has 2 amide bonds. The number of nitrogens with zero attached hydrogens (tertiary/aromatic N) is 4. The van der Waals surface area contributed by atoms with Gasteiger partial charge in [0.2, 0.25) is 5.91 Å².